The summed E-state index contributed by atoms with van der Waals surface area (Å²) in [4.78, 5) is 32.8. The molecule has 0 saturated heterocycles. The minimum absolute atomic E-state index is 0.0519. The van der Waals surface area contributed by atoms with E-state index in [1.807, 2.05) is 0 Å². The highest BCUT2D eigenvalue weighted by Gasteiger charge is 2.22. The molecule has 0 heterocycles. The van der Waals surface area contributed by atoms with E-state index in [0.717, 1.165) is 0 Å². The molecular weight excluding hydrogens is 283 g/mol. The van der Waals surface area contributed by atoms with Gasteiger partial charge in [-0.2, -0.15) is 0 Å². The van der Waals surface area contributed by atoms with E-state index in [2.05, 4.69) is 0 Å². The number of carbonyl (C=O) groups is 3. The van der Waals surface area contributed by atoms with Gasteiger partial charge in [0, 0.05) is 19.8 Å². The second-order valence-electron chi connectivity index (χ2n) is 3.58. The molecule has 0 saturated carbocycles. The quantitative estimate of drug-likeness (QED) is 0.506. The highest BCUT2D eigenvalue weighted by atomic mass is 35.5. The number of carbonyl (C=O) groups excluding carboxylic acids is 3. The van der Waals surface area contributed by atoms with Crippen molar-refractivity contribution in [3.05, 3.63) is 0 Å². The maximum absolute atomic E-state index is 11.5. The van der Waals surface area contributed by atoms with Crippen molar-refractivity contribution in [1.82, 2.24) is 0 Å². The molecule has 104 valence electrons. The maximum atomic E-state index is 11.5. The Bertz CT molecular complexity index is 304. The molecule has 0 unspecified atom stereocenters. The third kappa shape index (κ3) is 9.24. The van der Waals surface area contributed by atoms with Crippen LogP contribution in [0, 0.1) is 0 Å². The number of ether oxygens (including phenoxy) is 2. The molecule has 0 spiro atoms. The Morgan fingerprint density at radius 1 is 1.11 bits per heavy atom. The Morgan fingerprint density at radius 2 is 1.72 bits per heavy atom. The summed E-state index contributed by atoms with van der Waals surface area (Å²) in [5.74, 6) is -1.37. The van der Waals surface area contributed by atoms with Gasteiger partial charge in [0.1, 0.15) is 16.7 Å². The molecule has 0 aromatic rings. The van der Waals surface area contributed by atoms with Gasteiger partial charge in [-0.1, -0.05) is 0 Å². The lowest BCUT2D eigenvalue weighted by Gasteiger charge is -2.15. The fourth-order valence-corrected chi connectivity index (χ4v) is 1.65. The Kier molecular flexibility index (Phi) is 8.75. The lowest BCUT2D eigenvalue weighted by atomic mass is 10.1. The van der Waals surface area contributed by atoms with Crippen LogP contribution in [0.5, 0.6) is 0 Å². The second kappa shape index (κ2) is 9.16. The van der Waals surface area contributed by atoms with Gasteiger partial charge in [0.15, 0.2) is 0 Å². The van der Waals surface area contributed by atoms with Crippen molar-refractivity contribution >= 4 is 40.9 Å². The topological polar surface area (TPSA) is 69.7 Å². The van der Waals surface area contributed by atoms with E-state index in [9.17, 15) is 14.4 Å². The second-order valence-corrected chi connectivity index (χ2v) is 4.86. The van der Waals surface area contributed by atoms with Crippen molar-refractivity contribution < 1.29 is 23.9 Å². The van der Waals surface area contributed by atoms with Crippen LogP contribution in [0.4, 0.5) is 0 Å². The van der Waals surface area contributed by atoms with Gasteiger partial charge in [0.05, 0.1) is 13.0 Å². The van der Waals surface area contributed by atoms with Crippen molar-refractivity contribution in [3.8, 4) is 0 Å². The molecule has 0 fully saturated rings. The van der Waals surface area contributed by atoms with Crippen LogP contribution in [0.1, 0.15) is 33.1 Å². The lowest BCUT2D eigenvalue weighted by molar-refractivity contribution is -0.154. The summed E-state index contributed by atoms with van der Waals surface area (Å²) < 4.78 is 9.60. The first kappa shape index (κ1) is 17.2. The highest BCUT2D eigenvalue weighted by molar-refractivity contribution is 6.45. The highest BCUT2D eigenvalue weighted by Crippen LogP contribution is 2.13. The SMILES string of the molecule is CCOC(=O)C[C@H](CC(=O)CC(Cl)Cl)OC(C)=O. The molecule has 0 N–H and O–H groups in total. The van der Waals surface area contributed by atoms with Crippen LogP contribution < -0.4 is 0 Å². The minimum Gasteiger partial charge on any atom is -0.466 e. The van der Waals surface area contributed by atoms with E-state index < -0.39 is 22.9 Å². The van der Waals surface area contributed by atoms with Crippen molar-refractivity contribution in [1.29, 1.82) is 0 Å². The van der Waals surface area contributed by atoms with Crippen molar-refractivity contribution in [2.24, 2.45) is 0 Å². The summed E-state index contributed by atoms with van der Waals surface area (Å²) >= 11 is 10.9. The fraction of sp³-hybridized carbons (Fsp3) is 0.727. The first-order valence-corrected chi connectivity index (χ1v) is 6.35. The Morgan fingerprint density at radius 3 is 2.17 bits per heavy atom. The molecule has 0 aromatic carbocycles. The molecule has 0 radical (unpaired) electrons. The summed E-state index contributed by atoms with van der Waals surface area (Å²) in [5, 5.41) is 0. The molecule has 7 heteroatoms. The molecule has 5 nitrogen and oxygen atoms in total. The summed E-state index contributed by atoms with van der Waals surface area (Å²) in [6, 6.07) is 0. The Labute approximate surface area is 116 Å². The van der Waals surface area contributed by atoms with E-state index in [1.54, 1.807) is 6.92 Å². The normalized spacial score (nSPS) is 12.1. The number of hydrogen-bond acceptors (Lipinski definition) is 5. The first-order chi connectivity index (χ1) is 8.35. The van der Waals surface area contributed by atoms with E-state index in [4.69, 9.17) is 32.7 Å². The molecule has 0 rings (SSSR count). The van der Waals surface area contributed by atoms with Gasteiger partial charge in [-0.15, -0.1) is 23.2 Å². The third-order valence-electron chi connectivity index (χ3n) is 1.87. The van der Waals surface area contributed by atoms with Crippen LogP contribution in [0.15, 0.2) is 0 Å². The fourth-order valence-electron chi connectivity index (χ4n) is 1.31. The first-order valence-electron chi connectivity index (χ1n) is 5.47. The van der Waals surface area contributed by atoms with E-state index in [-0.39, 0.29) is 31.7 Å². The van der Waals surface area contributed by atoms with E-state index in [0.29, 0.717) is 0 Å². The number of halogens is 2. The molecule has 0 aliphatic heterocycles. The predicted octanol–water partition coefficient (Wildman–Crippen LogP) is 2.02. The molecule has 0 aliphatic rings. The summed E-state index contributed by atoms with van der Waals surface area (Å²) in [7, 11) is 0. The third-order valence-corrected chi connectivity index (χ3v) is 2.18. The van der Waals surface area contributed by atoms with Gasteiger partial charge in [0.2, 0.25) is 0 Å². The molecule has 0 bridgehead atoms. The average molecular weight is 299 g/mol. The minimum atomic E-state index is -0.832. The van der Waals surface area contributed by atoms with Gasteiger partial charge in [-0.3, -0.25) is 14.4 Å². The molecule has 1 atom stereocenters. The van der Waals surface area contributed by atoms with Gasteiger partial charge >= 0.3 is 11.9 Å². The van der Waals surface area contributed by atoms with Crippen molar-refractivity contribution in [2.75, 3.05) is 6.61 Å². The van der Waals surface area contributed by atoms with Crippen LogP contribution in [-0.4, -0.2) is 35.3 Å². The standard InChI is InChI=1S/C11H16Cl2O5/c1-3-17-11(16)6-9(18-7(2)14)4-8(15)5-10(12)13/h9-10H,3-6H2,1-2H3/t9-/m0/s1. The van der Waals surface area contributed by atoms with Crippen LogP contribution in [0.2, 0.25) is 0 Å². The maximum Gasteiger partial charge on any atom is 0.309 e. The zero-order valence-corrected chi connectivity index (χ0v) is 11.8. The Balaban J connectivity index is 4.34. The van der Waals surface area contributed by atoms with E-state index in [1.165, 1.54) is 6.92 Å². The zero-order chi connectivity index (χ0) is 14.1. The molecule has 18 heavy (non-hydrogen) atoms. The van der Waals surface area contributed by atoms with Gasteiger partial charge in [-0.05, 0) is 6.92 Å². The molecule has 0 aliphatic carbocycles. The molecule has 0 amide bonds. The lowest BCUT2D eigenvalue weighted by Crippen LogP contribution is -2.25. The van der Waals surface area contributed by atoms with Crippen molar-refractivity contribution in [2.45, 2.75) is 44.1 Å². The number of alkyl halides is 2. The summed E-state index contributed by atoms with van der Waals surface area (Å²) in [6.45, 7) is 3.09. The largest absolute Gasteiger partial charge is 0.466 e. The summed E-state index contributed by atoms with van der Waals surface area (Å²) in [6.07, 6.45) is -1.15. The van der Waals surface area contributed by atoms with Gasteiger partial charge in [-0.25, -0.2) is 0 Å². The number of hydrogen-bond donors (Lipinski definition) is 0. The number of Topliss-reactive ketones (excluding diaryl/α,β-unsaturated/α-hetero) is 1. The van der Waals surface area contributed by atoms with Crippen LogP contribution in [-0.2, 0) is 23.9 Å². The van der Waals surface area contributed by atoms with Gasteiger partial charge < -0.3 is 9.47 Å². The number of ketones is 1. The van der Waals surface area contributed by atoms with Crippen LogP contribution in [0.25, 0.3) is 0 Å². The average Bonchev–Trinajstić information content (AvgIpc) is 2.14. The van der Waals surface area contributed by atoms with Gasteiger partial charge in [0.25, 0.3) is 0 Å². The molecular formula is C11H16Cl2O5. The molecule has 0 aromatic heterocycles. The van der Waals surface area contributed by atoms with Crippen LogP contribution >= 0.6 is 23.2 Å². The van der Waals surface area contributed by atoms with Crippen molar-refractivity contribution in [3.63, 3.8) is 0 Å². The number of rotatable bonds is 8. The summed E-state index contributed by atoms with van der Waals surface area (Å²) in [5.41, 5.74) is 0. The van der Waals surface area contributed by atoms with Crippen LogP contribution in [0.3, 0.4) is 0 Å². The zero-order valence-electron chi connectivity index (χ0n) is 10.3. The smallest absolute Gasteiger partial charge is 0.309 e. The predicted molar refractivity (Wildman–Crippen MR) is 66.5 cm³/mol. The van der Waals surface area contributed by atoms with E-state index >= 15 is 0 Å². The number of esters is 2. The monoisotopic (exact) mass is 298 g/mol. The Hall–Kier alpha value is -0.810.